The van der Waals surface area contributed by atoms with E-state index in [0.717, 1.165) is 36.6 Å². The molecule has 0 aliphatic rings. The molecule has 0 radical (unpaired) electrons. The zero-order chi connectivity index (χ0) is 17.5. The first-order valence-corrected chi connectivity index (χ1v) is 8.94. The molecule has 0 fully saturated rings. The lowest BCUT2D eigenvalue weighted by Crippen LogP contribution is -2.14. The predicted molar refractivity (Wildman–Crippen MR) is 102 cm³/mol. The quantitative estimate of drug-likeness (QED) is 0.566. The van der Waals surface area contributed by atoms with Gasteiger partial charge in [0.2, 0.25) is 0 Å². The summed E-state index contributed by atoms with van der Waals surface area (Å²) in [6.07, 6.45) is 8.96. The Kier molecular flexibility index (Phi) is 6.13. The molecular weight excluding hydrogens is 332 g/mol. The molecule has 25 heavy (non-hydrogen) atoms. The van der Waals surface area contributed by atoms with Crippen LogP contribution in [0.4, 0.5) is 0 Å². The third kappa shape index (κ3) is 5.36. The molecule has 1 unspecified atom stereocenters. The Bertz CT molecular complexity index is 752. The summed E-state index contributed by atoms with van der Waals surface area (Å²) in [5.74, 6) is 1.44. The number of aryl methyl sites for hydroxylation is 1. The molecule has 3 nitrogen and oxygen atoms in total. The number of imidazole rings is 1. The van der Waals surface area contributed by atoms with E-state index in [1.165, 1.54) is 11.1 Å². The number of ether oxygens (including phenoxy) is 1. The van der Waals surface area contributed by atoms with Gasteiger partial charge in [0.05, 0.1) is 13.4 Å². The summed E-state index contributed by atoms with van der Waals surface area (Å²) in [4.78, 5) is 4.16. The van der Waals surface area contributed by atoms with Crippen LogP contribution in [0, 0.1) is 5.92 Å². The number of nitrogens with zero attached hydrogens (tertiary/aromatic N) is 2. The van der Waals surface area contributed by atoms with Crippen LogP contribution in [0.2, 0.25) is 5.02 Å². The maximum Gasteiger partial charge on any atom is 0.118 e. The highest BCUT2D eigenvalue weighted by Crippen LogP contribution is 2.20. The van der Waals surface area contributed by atoms with Gasteiger partial charge in [0.1, 0.15) is 5.75 Å². The van der Waals surface area contributed by atoms with Crippen LogP contribution < -0.4 is 4.74 Å². The van der Waals surface area contributed by atoms with Crippen molar-refractivity contribution in [2.75, 3.05) is 7.11 Å². The minimum absolute atomic E-state index is 0.539. The lowest BCUT2D eigenvalue weighted by molar-refractivity contribution is 0.410. The Labute approximate surface area is 154 Å². The van der Waals surface area contributed by atoms with Crippen LogP contribution in [0.25, 0.3) is 0 Å². The standard InChI is InChI=1S/C21H23ClN2O/c1-25-21-10-6-17(7-11-21)2-3-19(15-24-13-12-23-16-24)14-18-4-8-20(22)9-5-18/h4-13,16,19H,2-3,14-15H2,1H3. The third-order valence-electron chi connectivity index (χ3n) is 4.47. The molecule has 0 amide bonds. The van der Waals surface area contributed by atoms with Gasteiger partial charge in [-0.25, -0.2) is 4.98 Å². The van der Waals surface area contributed by atoms with Gasteiger partial charge in [0, 0.05) is 24.0 Å². The van der Waals surface area contributed by atoms with Crippen LogP contribution >= 0.6 is 11.6 Å². The molecule has 130 valence electrons. The highest BCUT2D eigenvalue weighted by molar-refractivity contribution is 6.30. The minimum Gasteiger partial charge on any atom is -0.497 e. The van der Waals surface area contributed by atoms with Crippen LogP contribution in [0.15, 0.2) is 67.3 Å². The van der Waals surface area contributed by atoms with Gasteiger partial charge in [-0.05, 0) is 60.6 Å². The lowest BCUT2D eigenvalue weighted by Gasteiger charge is -2.18. The van der Waals surface area contributed by atoms with E-state index in [2.05, 4.69) is 33.8 Å². The second-order valence-corrected chi connectivity index (χ2v) is 6.78. The van der Waals surface area contributed by atoms with Gasteiger partial charge in [0.25, 0.3) is 0 Å². The minimum atomic E-state index is 0.539. The molecule has 0 aliphatic heterocycles. The molecule has 4 heteroatoms. The Morgan fingerprint density at radius 3 is 2.40 bits per heavy atom. The normalized spacial score (nSPS) is 12.1. The predicted octanol–water partition coefficient (Wildman–Crippen LogP) is 5.04. The molecule has 1 atom stereocenters. The van der Waals surface area contributed by atoms with E-state index in [1.807, 2.05) is 43.0 Å². The fourth-order valence-electron chi connectivity index (χ4n) is 3.07. The summed E-state index contributed by atoms with van der Waals surface area (Å²) < 4.78 is 7.39. The van der Waals surface area contributed by atoms with E-state index in [4.69, 9.17) is 16.3 Å². The lowest BCUT2D eigenvalue weighted by atomic mass is 9.92. The molecule has 0 aliphatic carbocycles. The SMILES string of the molecule is COc1ccc(CCC(Cc2ccc(Cl)cc2)Cn2ccnc2)cc1. The van der Waals surface area contributed by atoms with Crippen molar-refractivity contribution in [3.05, 3.63) is 83.4 Å². The molecule has 0 saturated heterocycles. The highest BCUT2D eigenvalue weighted by atomic mass is 35.5. The first-order chi connectivity index (χ1) is 12.2. The molecular formula is C21H23ClN2O. The van der Waals surface area contributed by atoms with Crippen molar-refractivity contribution in [1.82, 2.24) is 9.55 Å². The van der Waals surface area contributed by atoms with Crippen molar-refractivity contribution in [1.29, 1.82) is 0 Å². The average molecular weight is 355 g/mol. The number of hydrogen-bond acceptors (Lipinski definition) is 2. The van der Waals surface area contributed by atoms with Crippen molar-refractivity contribution in [3.8, 4) is 5.75 Å². The smallest absolute Gasteiger partial charge is 0.118 e. The summed E-state index contributed by atoms with van der Waals surface area (Å²) in [7, 11) is 1.70. The molecule has 0 N–H and O–H groups in total. The fraction of sp³-hybridized carbons (Fsp3) is 0.286. The monoisotopic (exact) mass is 354 g/mol. The van der Waals surface area contributed by atoms with Crippen LogP contribution in [-0.2, 0) is 19.4 Å². The van der Waals surface area contributed by atoms with Crippen LogP contribution in [0.5, 0.6) is 5.75 Å². The maximum atomic E-state index is 6.01. The van der Waals surface area contributed by atoms with E-state index in [1.54, 1.807) is 7.11 Å². The van der Waals surface area contributed by atoms with Gasteiger partial charge >= 0.3 is 0 Å². The highest BCUT2D eigenvalue weighted by Gasteiger charge is 2.11. The third-order valence-corrected chi connectivity index (χ3v) is 4.72. The van der Waals surface area contributed by atoms with Crippen molar-refractivity contribution in [3.63, 3.8) is 0 Å². The molecule has 0 saturated carbocycles. The van der Waals surface area contributed by atoms with Crippen molar-refractivity contribution in [2.24, 2.45) is 5.92 Å². The Morgan fingerprint density at radius 1 is 1.04 bits per heavy atom. The van der Waals surface area contributed by atoms with Crippen LogP contribution in [-0.4, -0.2) is 16.7 Å². The molecule has 3 rings (SSSR count). The summed E-state index contributed by atoms with van der Waals surface area (Å²) in [5.41, 5.74) is 2.66. The van der Waals surface area contributed by atoms with E-state index in [9.17, 15) is 0 Å². The average Bonchev–Trinajstić information content (AvgIpc) is 3.15. The zero-order valence-corrected chi connectivity index (χ0v) is 15.2. The van der Waals surface area contributed by atoms with Gasteiger partial charge in [-0.15, -0.1) is 0 Å². The molecule has 1 heterocycles. The van der Waals surface area contributed by atoms with Gasteiger partial charge in [0.15, 0.2) is 0 Å². The summed E-state index contributed by atoms with van der Waals surface area (Å²) in [5, 5.41) is 0.785. The number of aromatic nitrogens is 2. The van der Waals surface area contributed by atoms with Crippen molar-refractivity contribution < 1.29 is 4.74 Å². The number of methoxy groups -OCH3 is 1. The topological polar surface area (TPSA) is 27.1 Å². The molecule has 3 aromatic rings. The van der Waals surface area contributed by atoms with E-state index in [0.29, 0.717) is 5.92 Å². The maximum absolute atomic E-state index is 6.01. The Hall–Kier alpha value is -2.26. The number of hydrogen-bond donors (Lipinski definition) is 0. The van der Waals surface area contributed by atoms with E-state index >= 15 is 0 Å². The van der Waals surface area contributed by atoms with Gasteiger partial charge in [-0.2, -0.15) is 0 Å². The largest absolute Gasteiger partial charge is 0.497 e. The van der Waals surface area contributed by atoms with Crippen molar-refractivity contribution in [2.45, 2.75) is 25.8 Å². The first kappa shape index (κ1) is 17.6. The Morgan fingerprint density at radius 2 is 1.76 bits per heavy atom. The van der Waals surface area contributed by atoms with Gasteiger partial charge in [-0.1, -0.05) is 35.9 Å². The zero-order valence-electron chi connectivity index (χ0n) is 14.4. The fourth-order valence-corrected chi connectivity index (χ4v) is 3.19. The van der Waals surface area contributed by atoms with E-state index < -0.39 is 0 Å². The second kappa shape index (κ2) is 8.72. The second-order valence-electron chi connectivity index (χ2n) is 6.34. The summed E-state index contributed by atoms with van der Waals surface area (Å²) >= 11 is 6.01. The van der Waals surface area contributed by atoms with Gasteiger partial charge < -0.3 is 9.30 Å². The number of benzene rings is 2. The summed E-state index contributed by atoms with van der Waals surface area (Å²) in [6, 6.07) is 16.5. The first-order valence-electron chi connectivity index (χ1n) is 8.56. The summed E-state index contributed by atoms with van der Waals surface area (Å²) in [6.45, 7) is 0.971. The molecule has 1 aromatic heterocycles. The van der Waals surface area contributed by atoms with E-state index in [-0.39, 0.29) is 0 Å². The number of halogens is 1. The van der Waals surface area contributed by atoms with Crippen LogP contribution in [0.3, 0.4) is 0 Å². The van der Waals surface area contributed by atoms with Gasteiger partial charge in [-0.3, -0.25) is 0 Å². The van der Waals surface area contributed by atoms with Crippen molar-refractivity contribution >= 4 is 11.6 Å². The Balaban J connectivity index is 1.65. The molecule has 0 bridgehead atoms. The number of rotatable bonds is 8. The molecule has 2 aromatic carbocycles. The molecule has 0 spiro atoms. The van der Waals surface area contributed by atoms with Crippen LogP contribution in [0.1, 0.15) is 17.5 Å².